The van der Waals surface area contributed by atoms with E-state index >= 15 is 0 Å². The summed E-state index contributed by atoms with van der Waals surface area (Å²) in [5.41, 5.74) is 5.00. The van der Waals surface area contributed by atoms with E-state index in [1.807, 2.05) is 6.07 Å². The predicted octanol–water partition coefficient (Wildman–Crippen LogP) is 6.72. The van der Waals surface area contributed by atoms with Gasteiger partial charge in [-0.3, -0.25) is 4.90 Å². The average molecular weight is 489 g/mol. The highest BCUT2D eigenvalue weighted by Gasteiger charge is 2.25. The van der Waals surface area contributed by atoms with Crippen LogP contribution in [0.3, 0.4) is 0 Å². The molecule has 6 heteroatoms. The molecule has 5 rings (SSSR count). The zero-order valence-corrected chi connectivity index (χ0v) is 21.2. The van der Waals surface area contributed by atoms with E-state index in [4.69, 9.17) is 16.6 Å². The first kappa shape index (κ1) is 23.0. The number of piperazine rings is 1. The summed E-state index contributed by atoms with van der Waals surface area (Å²) in [6.07, 6.45) is 5.42. The molecule has 0 aliphatic carbocycles. The van der Waals surface area contributed by atoms with Crippen molar-refractivity contribution in [1.82, 2.24) is 14.9 Å². The highest BCUT2D eigenvalue weighted by Crippen LogP contribution is 2.43. The molecule has 3 heterocycles. The number of thiophene rings is 1. The van der Waals surface area contributed by atoms with Gasteiger partial charge in [-0.15, -0.1) is 11.3 Å². The minimum absolute atomic E-state index is 0.329. The molecule has 0 spiro atoms. The molecule has 0 unspecified atom stereocenters. The van der Waals surface area contributed by atoms with E-state index in [2.05, 4.69) is 89.3 Å². The maximum atomic E-state index is 6.41. The van der Waals surface area contributed by atoms with Crippen LogP contribution in [0.5, 0.6) is 0 Å². The molecule has 2 aromatic carbocycles. The quantitative estimate of drug-likeness (QED) is 0.282. The second kappa shape index (κ2) is 10.3. The van der Waals surface area contributed by atoms with Crippen LogP contribution in [0.4, 0.5) is 5.82 Å². The Bertz CT molecular complexity index is 1290. The van der Waals surface area contributed by atoms with E-state index in [1.165, 1.54) is 27.1 Å². The van der Waals surface area contributed by atoms with Crippen molar-refractivity contribution in [3.05, 3.63) is 82.0 Å². The zero-order valence-electron chi connectivity index (χ0n) is 19.7. The number of fused-ring (bicyclic) bond motifs is 1. The lowest BCUT2D eigenvalue weighted by atomic mass is 10.0. The van der Waals surface area contributed by atoms with Crippen LogP contribution in [-0.4, -0.2) is 47.6 Å². The fourth-order valence-corrected chi connectivity index (χ4v) is 5.89. The predicted molar refractivity (Wildman–Crippen MR) is 146 cm³/mol. The molecule has 0 radical (unpaired) electrons. The van der Waals surface area contributed by atoms with Gasteiger partial charge in [0.2, 0.25) is 5.28 Å². The van der Waals surface area contributed by atoms with Crippen LogP contribution in [0.1, 0.15) is 22.9 Å². The maximum Gasteiger partial charge on any atom is 0.225 e. The molecule has 4 nitrogen and oxygen atoms in total. The molecule has 1 saturated heterocycles. The summed E-state index contributed by atoms with van der Waals surface area (Å²) in [6, 6.07) is 19.2. The monoisotopic (exact) mass is 488 g/mol. The Labute approximate surface area is 210 Å². The molecular weight excluding hydrogens is 460 g/mol. The Morgan fingerprint density at radius 3 is 2.41 bits per heavy atom. The van der Waals surface area contributed by atoms with Gasteiger partial charge >= 0.3 is 0 Å². The smallest absolute Gasteiger partial charge is 0.225 e. The fraction of sp³-hybridized carbons (Fsp3) is 0.286. The van der Waals surface area contributed by atoms with Gasteiger partial charge in [0.05, 0.1) is 5.39 Å². The Hall–Kier alpha value is -2.73. The van der Waals surface area contributed by atoms with E-state index in [9.17, 15) is 0 Å². The van der Waals surface area contributed by atoms with E-state index in [0.29, 0.717) is 5.28 Å². The van der Waals surface area contributed by atoms with Crippen molar-refractivity contribution in [2.75, 3.05) is 37.6 Å². The molecule has 4 aromatic rings. The molecule has 0 atom stereocenters. The van der Waals surface area contributed by atoms with Crippen molar-refractivity contribution in [3.8, 4) is 11.1 Å². The lowest BCUT2D eigenvalue weighted by Crippen LogP contribution is -2.46. The number of rotatable bonds is 6. The van der Waals surface area contributed by atoms with Crippen molar-refractivity contribution in [1.29, 1.82) is 0 Å². The van der Waals surface area contributed by atoms with Gasteiger partial charge in [-0.2, -0.15) is 4.98 Å². The third-order valence-corrected chi connectivity index (χ3v) is 7.78. The second-order valence-electron chi connectivity index (χ2n) is 8.72. The van der Waals surface area contributed by atoms with Crippen molar-refractivity contribution in [2.24, 2.45) is 0 Å². The normalized spacial score (nSPS) is 15.0. The average Bonchev–Trinajstić information content (AvgIpc) is 3.23. The van der Waals surface area contributed by atoms with Crippen molar-refractivity contribution in [3.63, 3.8) is 0 Å². The number of aryl methyl sites for hydroxylation is 2. The van der Waals surface area contributed by atoms with Crippen molar-refractivity contribution >= 4 is 45.0 Å². The topological polar surface area (TPSA) is 32.3 Å². The molecule has 1 aliphatic rings. The number of nitrogens with zero attached hydrogens (tertiary/aromatic N) is 4. The minimum atomic E-state index is 0.329. The maximum absolute atomic E-state index is 6.41. The summed E-state index contributed by atoms with van der Waals surface area (Å²) in [5, 5.41) is 1.47. The molecule has 2 aromatic heterocycles. The van der Waals surface area contributed by atoms with Crippen LogP contribution in [0.25, 0.3) is 27.4 Å². The Balaban J connectivity index is 1.40. The highest BCUT2D eigenvalue weighted by atomic mass is 35.5. The van der Waals surface area contributed by atoms with Crippen molar-refractivity contribution in [2.45, 2.75) is 20.3 Å². The molecule has 1 aliphatic heterocycles. The molecule has 174 valence electrons. The largest absolute Gasteiger partial charge is 0.353 e. The third kappa shape index (κ3) is 4.88. The Kier molecular flexibility index (Phi) is 6.95. The number of anilines is 1. The van der Waals surface area contributed by atoms with Crippen LogP contribution in [-0.2, 0) is 6.42 Å². The van der Waals surface area contributed by atoms with E-state index in [0.717, 1.165) is 55.2 Å². The van der Waals surface area contributed by atoms with Gasteiger partial charge in [-0.1, -0.05) is 79.2 Å². The molecule has 1 fully saturated rings. The summed E-state index contributed by atoms with van der Waals surface area (Å²) < 4.78 is 0. The lowest BCUT2D eigenvalue weighted by molar-refractivity contribution is 0.284. The van der Waals surface area contributed by atoms with Crippen LogP contribution in [0.15, 0.2) is 60.7 Å². The molecule has 34 heavy (non-hydrogen) atoms. The number of aromatic nitrogens is 2. The summed E-state index contributed by atoms with van der Waals surface area (Å²) in [6.45, 7) is 9.12. The van der Waals surface area contributed by atoms with Gasteiger partial charge in [0.15, 0.2) is 0 Å². The number of hydrogen-bond donors (Lipinski definition) is 0. The van der Waals surface area contributed by atoms with Gasteiger partial charge in [-0.05, 0) is 36.1 Å². The third-order valence-electron chi connectivity index (χ3n) is 6.38. The zero-order chi connectivity index (χ0) is 23.5. The molecule has 0 bridgehead atoms. The summed E-state index contributed by atoms with van der Waals surface area (Å²) in [7, 11) is 0. The molecular formula is C28H29ClN4S. The van der Waals surface area contributed by atoms with Gasteiger partial charge in [0, 0.05) is 43.2 Å². The summed E-state index contributed by atoms with van der Waals surface area (Å²) >= 11 is 8.15. The minimum Gasteiger partial charge on any atom is -0.353 e. The Morgan fingerprint density at radius 1 is 0.971 bits per heavy atom. The standard InChI is InChI=1S/C28H29ClN4S/c1-3-23-24(22-13-11-20(2)12-14-22)25-26(30-28(29)31-27(25)34-23)33-18-16-32(17-19-33)15-7-10-21-8-5-4-6-9-21/h4-14H,3,15-19H2,1-2H3/b10-7+. The first-order valence-electron chi connectivity index (χ1n) is 11.9. The van der Waals surface area contributed by atoms with Crippen LogP contribution in [0.2, 0.25) is 5.28 Å². The summed E-state index contributed by atoms with van der Waals surface area (Å²) in [5.74, 6) is 0.973. The molecule has 0 N–H and O–H groups in total. The number of benzene rings is 2. The lowest BCUT2D eigenvalue weighted by Gasteiger charge is -2.35. The van der Waals surface area contributed by atoms with E-state index in [1.54, 1.807) is 11.3 Å². The van der Waals surface area contributed by atoms with Gasteiger partial charge < -0.3 is 4.90 Å². The first-order chi connectivity index (χ1) is 16.6. The highest BCUT2D eigenvalue weighted by molar-refractivity contribution is 7.19. The number of halogens is 1. The molecule has 0 amide bonds. The van der Waals surface area contributed by atoms with E-state index < -0.39 is 0 Å². The van der Waals surface area contributed by atoms with Gasteiger partial charge in [0.1, 0.15) is 10.6 Å². The number of hydrogen-bond acceptors (Lipinski definition) is 5. The summed E-state index contributed by atoms with van der Waals surface area (Å²) in [4.78, 5) is 16.6. The van der Waals surface area contributed by atoms with Gasteiger partial charge in [-0.25, -0.2) is 4.98 Å². The Morgan fingerprint density at radius 2 is 1.71 bits per heavy atom. The van der Waals surface area contributed by atoms with Crippen LogP contribution >= 0.6 is 22.9 Å². The van der Waals surface area contributed by atoms with Crippen LogP contribution < -0.4 is 4.90 Å². The first-order valence-corrected chi connectivity index (χ1v) is 13.1. The van der Waals surface area contributed by atoms with Crippen LogP contribution in [0, 0.1) is 6.92 Å². The second-order valence-corrected chi connectivity index (χ2v) is 10.1. The van der Waals surface area contributed by atoms with Crippen molar-refractivity contribution < 1.29 is 0 Å². The fourth-order valence-electron chi connectivity index (χ4n) is 4.55. The van der Waals surface area contributed by atoms with Gasteiger partial charge in [0.25, 0.3) is 0 Å². The molecule has 0 saturated carbocycles. The van der Waals surface area contributed by atoms with E-state index in [-0.39, 0.29) is 0 Å². The SMILES string of the molecule is CCc1sc2nc(Cl)nc(N3CCN(C/C=C/c4ccccc4)CC3)c2c1-c1ccc(C)cc1.